The SMILES string of the molecule is C[N+](C)(C)CCO.Nc1ncnc2nc[nH]c12. The number of nitrogens with two attached hydrogens (primary N) is 1. The first-order valence-corrected chi connectivity index (χ1v) is 5.25. The molecular formula is C10H19N6O+. The van der Waals surface area contributed by atoms with E-state index in [-0.39, 0.29) is 6.61 Å². The average Bonchev–Trinajstić information content (AvgIpc) is 2.66. The molecule has 2 aromatic heterocycles. The number of likely N-dealkylation sites (N-methyl/N-ethyl adjacent to an activating group) is 1. The molecule has 0 aromatic carbocycles. The van der Waals surface area contributed by atoms with E-state index in [0.717, 1.165) is 11.0 Å². The number of aromatic amines is 1. The van der Waals surface area contributed by atoms with Gasteiger partial charge in [-0.3, -0.25) is 0 Å². The van der Waals surface area contributed by atoms with Gasteiger partial charge in [-0.2, -0.15) is 0 Å². The molecule has 0 aliphatic rings. The van der Waals surface area contributed by atoms with Crippen molar-refractivity contribution in [3.63, 3.8) is 0 Å². The molecule has 7 nitrogen and oxygen atoms in total. The largest absolute Gasteiger partial charge is 0.391 e. The fraction of sp³-hybridized carbons (Fsp3) is 0.500. The van der Waals surface area contributed by atoms with Crippen molar-refractivity contribution < 1.29 is 9.59 Å². The summed E-state index contributed by atoms with van der Waals surface area (Å²) < 4.78 is 0.844. The van der Waals surface area contributed by atoms with Gasteiger partial charge in [0.1, 0.15) is 18.4 Å². The molecule has 17 heavy (non-hydrogen) atoms. The number of nitrogens with zero attached hydrogens (tertiary/aromatic N) is 4. The van der Waals surface area contributed by atoms with Crippen molar-refractivity contribution in [1.29, 1.82) is 0 Å². The van der Waals surface area contributed by atoms with Gasteiger partial charge in [-0.25, -0.2) is 15.0 Å². The van der Waals surface area contributed by atoms with Crippen LogP contribution in [0.5, 0.6) is 0 Å². The fourth-order valence-corrected chi connectivity index (χ4v) is 1.08. The molecule has 4 N–H and O–H groups in total. The zero-order chi connectivity index (χ0) is 12.9. The third-order valence-corrected chi connectivity index (χ3v) is 2.02. The molecule has 0 aliphatic heterocycles. The van der Waals surface area contributed by atoms with Crippen LogP contribution in [-0.2, 0) is 0 Å². The molecule has 0 unspecified atom stereocenters. The number of imidazole rings is 1. The lowest BCUT2D eigenvalue weighted by molar-refractivity contribution is -0.870. The van der Waals surface area contributed by atoms with E-state index in [1.54, 1.807) is 0 Å². The van der Waals surface area contributed by atoms with Crippen molar-refractivity contribution in [2.75, 3.05) is 40.0 Å². The Morgan fingerprint density at radius 3 is 2.47 bits per heavy atom. The van der Waals surface area contributed by atoms with Gasteiger partial charge in [0.25, 0.3) is 0 Å². The molecule has 2 heterocycles. The number of H-pyrrole nitrogens is 1. The van der Waals surface area contributed by atoms with Crippen LogP contribution in [0.3, 0.4) is 0 Å². The lowest BCUT2D eigenvalue weighted by Crippen LogP contribution is -2.36. The zero-order valence-corrected chi connectivity index (χ0v) is 10.4. The van der Waals surface area contributed by atoms with E-state index in [1.807, 2.05) is 0 Å². The summed E-state index contributed by atoms with van der Waals surface area (Å²) in [5.41, 5.74) is 6.78. The van der Waals surface area contributed by atoms with Crippen molar-refractivity contribution in [2.45, 2.75) is 0 Å². The summed E-state index contributed by atoms with van der Waals surface area (Å²) in [6.45, 7) is 1.11. The Morgan fingerprint density at radius 2 is 2.00 bits per heavy atom. The first-order chi connectivity index (χ1) is 7.94. The Morgan fingerprint density at radius 1 is 1.29 bits per heavy atom. The molecule has 94 valence electrons. The Kier molecular flexibility index (Phi) is 4.36. The molecule has 2 aromatic rings. The van der Waals surface area contributed by atoms with Gasteiger partial charge in [0, 0.05) is 0 Å². The van der Waals surface area contributed by atoms with Gasteiger partial charge in [0.05, 0.1) is 34.1 Å². The monoisotopic (exact) mass is 239 g/mol. The van der Waals surface area contributed by atoms with Gasteiger partial charge < -0.3 is 20.3 Å². The number of aliphatic hydroxyl groups excluding tert-OH is 1. The molecule has 0 radical (unpaired) electrons. The Bertz CT molecular complexity index is 461. The van der Waals surface area contributed by atoms with Crippen LogP contribution in [0.15, 0.2) is 12.7 Å². The maximum atomic E-state index is 8.39. The molecule has 0 amide bonds. The van der Waals surface area contributed by atoms with Crippen LogP contribution >= 0.6 is 0 Å². The van der Waals surface area contributed by atoms with E-state index in [0.29, 0.717) is 17.0 Å². The summed E-state index contributed by atoms with van der Waals surface area (Å²) in [6.07, 6.45) is 2.92. The van der Waals surface area contributed by atoms with Crippen LogP contribution in [0.2, 0.25) is 0 Å². The topological polar surface area (TPSA) is 101 Å². The third kappa shape index (κ3) is 4.33. The summed E-state index contributed by atoms with van der Waals surface area (Å²) in [5.74, 6) is 0.433. The fourth-order valence-electron chi connectivity index (χ4n) is 1.08. The highest BCUT2D eigenvalue weighted by Gasteiger charge is 2.02. The summed E-state index contributed by atoms with van der Waals surface area (Å²) in [6, 6.07) is 0. The minimum absolute atomic E-state index is 0.281. The van der Waals surface area contributed by atoms with E-state index in [9.17, 15) is 0 Å². The maximum Gasteiger partial charge on any atom is 0.182 e. The first-order valence-electron chi connectivity index (χ1n) is 5.25. The standard InChI is InChI=1S/C5H5N5.C5H14NO/c6-4-3-5(9-1-7-3)10-2-8-4;1-6(2,3)4-5-7/h1-2H,(H3,6,7,8,9,10);7H,4-5H2,1-3H3/q;+1. The van der Waals surface area contributed by atoms with Gasteiger partial charge in [0.15, 0.2) is 11.5 Å². The predicted molar refractivity (Wildman–Crippen MR) is 66.1 cm³/mol. The molecule has 0 aliphatic carbocycles. The number of hydrogen-bond acceptors (Lipinski definition) is 5. The Balaban J connectivity index is 0.000000185. The highest BCUT2D eigenvalue weighted by atomic mass is 16.3. The minimum Gasteiger partial charge on any atom is -0.391 e. The minimum atomic E-state index is 0.281. The average molecular weight is 239 g/mol. The van der Waals surface area contributed by atoms with Gasteiger partial charge >= 0.3 is 0 Å². The van der Waals surface area contributed by atoms with Gasteiger partial charge in [0.2, 0.25) is 0 Å². The number of quaternary nitrogens is 1. The first kappa shape index (κ1) is 13.3. The van der Waals surface area contributed by atoms with E-state index in [4.69, 9.17) is 10.8 Å². The molecular weight excluding hydrogens is 220 g/mol. The van der Waals surface area contributed by atoms with Crippen molar-refractivity contribution in [3.05, 3.63) is 12.7 Å². The van der Waals surface area contributed by atoms with Crippen LogP contribution in [0.4, 0.5) is 5.82 Å². The van der Waals surface area contributed by atoms with E-state index in [2.05, 4.69) is 41.1 Å². The molecule has 0 bridgehead atoms. The second-order valence-corrected chi connectivity index (χ2v) is 4.60. The predicted octanol–water partition coefficient (Wildman–Crippen LogP) is -0.380. The number of fused-ring (bicyclic) bond motifs is 1. The van der Waals surface area contributed by atoms with E-state index in [1.165, 1.54) is 12.7 Å². The number of nitrogens with one attached hydrogen (secondary N) is 1. The molecule has 2 rings (SSSR count). The van der Waals surface area contributed by atoms with Crippen LogP contribution in [0.25, 0.3) is 11.2 Å². The molecule has 0 spiro atoms. The second-order valence-electron chi connectivity index (χ2n) is 4.60. The quantitative estimate of drug-likeness (QED) is 0.620. The van der Waals surface area contributed by atoms with Crippen molar-refractivity contribution in [3.8, 4) is 0 Å². The van der Waals surface area contributed by atoms with E-state index < -0.39 is 0 Å². The van der Waals surface area contributed by atoms with Crippen molar-refractivity contribution in [2.24, 2.45) is 0 Å². The van der Waals surface area contributed by atoms with Crippen LogP contribution in [-0.4, -0.2) is 63.8 Å². The normalized spacial score (nSPS) is 11.1. The lowest BCUT2D eigenvalue weighted by atomic mass is 10.5. The summed E-state index contributed by atoms with van der Waals surface area (Å²) >= 11 is 0. The number of anilines is 1. The highest BCUT2D eigenvalue weighted by Crippen LogP contribution is 2.09. The lowest BCUT2D eigenvalue weighted by Gasteiger charge is -2.21. The van der Waals surface area contributed by atoms with Crippen LogP contribution in [0, 0.1) is 0 Å². The number of aromatic nitrogens is 4. The van der Waals surface area contributed by atoms with Crippen molar-refractivity contribution >= 4 is 17.0 Å². The number of aliphatic hydroxyl groups is 1. The number of nitrogen functional groups attached to an aromatic ring is 1. The van der Waals surface area contributed by atoms with E-state index >= 15 is 0 Å². The van der Waals surface area contributed by atoms with Crippen LogP contribution in [0.1, 0.15) is 0 Å². The summed E-state index contributed by atoms with van der Waals surface area (Å²) in [7, 11) is 6.16. The number of hydrogen-bond donors (Lipinski definition) is 3. The summed E-state index contributed by atoms with van der Waals surface area (Å²) in [5, 5.41) is 8.39. The third-order valence-electron chi connectivity index (χ3n) is 2.02. The Hall–Kier alpha value is -1.73. The van der Waals surface area contributed by atoms with Gasteiger partial charge in [-0.15, -0.1) is 0 Å². The maximum absolute atomic E-state index is 8.39. The molecule has 0 saturated carbocycles. The Labute approximate surface area is 99.9 Å². The van der Waals surface area contributed by atoms with Crippen molar-refractivity contribution in [1.82, 2.24) is 19.9 Å². The van der Waals surface area contributed by atoms with Crippen LogP contribution < -0.4 is 5.73 Å². The van der Waals surface area contributed by atoms with Gasteiger partial charge in [-0.05, 0) is 0 Å². The molecule has 7 heteroatoms. The smallest absolute Gasteiger partial charge is 0.182 e. The highest BCUT2D eigenvalue weighted by molar-refractivity contribution is 5.80. The molecule has 0 atom stereocenters. The molecule has 0 saturated heterocycles. The molecule has 0 fully saturated rings. The zero-order valence-electron chi connectivity index (χ0n) is 10.4. The summed E-state index contributed by atoms with van der Waals surface area (Å²) in [4.78, 5) is 14.4. The second kappa shape index (κ2) is 5.55. The van der Waals surface area contributed by atoms with Gasteiger partial charge in [-0.1, -0.05) is 0 Å². The number of rotatable bonds is 2.